The van der Waals surface area contributed by atoms with E-state index < -0.39 is 8.32 Å². The van der Waals surface area contributed by atoms with Gasteiger partial charge < -0.3 is 9.16 Å². The van der Waals surface area contributed by atoms with Crippen LogP contribution >= 0.6 is 0 Å². The highest BCUT2D eigenvalue weighted by atomic mass is 28.4. The van der Waals surface area contributed by atoms with E-state index in [0.29, 0.717) is 13.0 Å². The molecule has 84 valence electrons. The quantitative estimate of drug-likeness (QED) is 0.486. The first-order valence-electron chi connectivity index (χ1n) is 5.31. The molecule has 0 amide bonds. The smallest absolute Gasteiger partial charge is 0.305 e. The third-order valence-electron chi connectivity index (χ3n) is 2.00. The Morgan fingerprint density at radius 2 is 1.86 bits per heavy atom. The summed E-state index contributed by atoms with van der Waals surface area (Å²) >= 11 is 0. The van der Waals surface area contributed by atoms with E-state index in [2.05, 4.69) is 13.1 Å². The number of carbonyl (C=O) groups excluding carboxylic acids is 1. The predicted octanol–water partition coefficient (Wildman–Crippen LogP) is 2.57. The number of hydrogen-bond donors (Lipinski definition) is 0. The second kappa shape index (κ2) is 7.01. The highest BCUT2D eigenvalue weighted by Gasteiger charge is 2.21. The summed E-state index contributed by atoms with van der Waals surface area (Å²) in [6.45, 7) is 9.46. The van der Waals surface area contributed by atoms with Crippen LogP contribution in [0, 0.1) is 0 Å². The van der Waals surface area contributed by atoms with Crippen molar-refractivity contribution in [2.45, 2.75) is 45.8 Å². The number of ether oxygens (including phenoxy) is 1. The summed E-state index contributed by atoms with van der Waals surface area (Å²) in [6.07, 6.45) is 1.41. The maximum Gasteiger partial charge on any atom is 0.305 e. The van der Waals surface area contributed by atoms with Crippen LogP contribution in [-0.4, -0.2) is 27.5 Å². The zero-order valence-corrected chi connectivity index (χ0v) is 10.8. The molecule has 4 heteroatoms. The molecule has 0 spiro atoms. The van der Waals surface area contributed by atoms with Crippen LogP contribution in [0.2, 0.25) is 19.1 Å². The summed E-state index contributed by atoms with van der Waals surface area (Å²) < 4.78 is 10.5. The molecule has 0 saturated heterocycles. The fraction of sp³-hybridized carbons (Fsp3) is 0.900. The minimum absolute atomic E-state index is 0.0891. The Morgan fingerprint density at radius 1 is 1.21 bits per heavy atom. The lowest BCUT2D eigenvalue weighted by molar-refractivity contribution is -0.143. The Hall–Kier alpha value is -0.353. The van der Waals surface area contributed by atoms with Crippen LogP contribution in [0.5, 0.6) is 0 Å². The van der Waals surface area contributed by atoms with E-state index in [1.54, 1.807) is 0 Å². The molecule has 14 heavy (non-hydrogen) atoms. The summed E-state index contributed by atoms with van der Waals surface area (Å²) in [5, 5.41) is 0. The Bertz CT molecular complexity index is 169. The summed E-state index contributed by atoms with van der Waals surface area (Å²) in [5.74, 6) is -0.0891. The molecule has 0 N–H and O–H groups in total. The summed E-state index contributed by atoms with van der Waals surface area (Å²) in [6, 6.07) is 1.03. The van der Waals surface area contributed by atoms with Crippen molar-refractivity contribution in [2.24, 2.45) is 0 Å². The van der Waals surface area contributed by atoms with E-state index in [-0.39, 0.29) is 5.97 Å². The summed E-state index contributed by atoms with van der Waals surface area (Å²) in [5.41, 5.74) is 0. The molecule has 0 aromatic carbocycles. The van der Waals surface area contributed by atoms with Gasteiger partial charge in [-0.1, -0.05) is 0 Å². The maximum absolute atomic E-state index is 11.0. The molecule has 0 fully saturated rings. The normalized spacial score (nSPS) is 11.4. The van der Waals surface area contributed by atoms with E-state index >= 15 is 0 Å². The van der Waals surface area contributed by atoms with E-state index in [9.17, 15) is 4.79 Å². The lowest BCUT2D eigenvalue weighted by atomic mass is 10.3. The van der Waals surface area contributed by atoms with Crippen molar-refractivity contribution in [1.82, 2.24) is 0 Å². The Balaban J connectivity index is 3.57. The average Bonchev–Trinajstić information content (AvgIpc) is 2.03. The standard InChI is InChI=1S/C10H22O3Si/c1-5-12-10(11)8-7-9-14(3,4)13-6-2/h5-9H2,1-4H3. The van der Waals surface area contributed by atoms with Crippen molar-refractivity contribution < 1.29 is 14.0 Å². The highest BCUT2D eigenvalue weighted by Crippen LogP contribution is 2.15. The molecule has 0 saturated carbocycles. The minimum atomic E-state index is -1.50. The number of carbonyl (C=O) groups is 1. The molecule has 0 atom stereocenters. The molecule has 0 rings (SSSR count). The van der Waals surface area contributed by atoms with Gasteiger partial charge in [0, 0.05) is 13.0 Å². The average molecular weight is 218 g/mol. The number of rotatable bonds is 7. The minimum Gasteiger partial charge on any atom is -0.466 e. The van der Waals surface area contributed by atoms with Crippen molar-refractivity contribution in [3.05, 3.63) is 0 Å². The van der Waals surface area contributed by atoms with Crippen LogP contribution in [0.4, 0.5) is 0 Å². The third-order valence-corrected chi connectivity index (χ3v) is 4.63. The fourth-order valence-corrected chi connectivity index (χ4v) is 3.31. The molecule has 0 bridgehead atoms. The Morgan fingerprint density at radius 3 is 2.36 bits per heavy atom. The van der Waals surface area contributed by atoms with Crippen molar-refractivity contribution in [2.75, 3.05) is 13.2 Å². The molecule has 0 aliphatic carbocycles. The van der Waals surface area contributed by atoms with Crippen LogP contribution < -0.4 is 0 Å². The molecule has 0 aliphatic rings. The predicted molar refractivity (Wildman–Crippen MR) is 59.8 cm³/mol. The lowest BCUT2D eigenvalue weighted by Gasteiger charge is -2.21. The van der Waals surface area contributed by atoms with Crippen LogP contribution in [-0.2, 0) is 14.0 Å². The van der Waals surface area contributed by atoms with Gasteiger partial charge >= 0.3 is 5.97 Å². The zero-order chi connectivity index (χ0) is 11.0. The van der Waals surface area contributed by atoms with Gasteiger partial charge in [0.1, 0.15) is 0 Å². The molecule has 0 unspecified atom stereocenters. The first kappa shape index (κ1) is 13.6. The van der Waals surface area contributed by atoms with Gasteiger partial charge in [0.2, 0.25) is 0 Å². The Labute approximate surface area is 87.9 Å². The van der Waals surface area contributed by atoms with E-state index in [1.807, 2.05) is 13.8 Å². The first-order chi connectivity index (χ1) is 6.52. The van der Waals surface area contributed by atoms with Crippen LogP contribution in [0.1, 0.15) is 26.7 Å². The Kier molecular flexibility index (Phi) is 6.83. The van der Waals surface area contributed by atoms with Crippen LogP contribution in [0.3, 0.4) is 0 Å². The van der Waals surface area contributed by atoms with Gasteiger partial charge in [-0.3, -0.25) is 4.79 Å². The fourth-order valence-electron chi connectivity index (χ4n) is 1.35. The SMILES string of the molecule is CCOC(=O)CCC[Si](C)(C)OCC. The topological polar surface area (TPSA) is 35.5 Å². The number of esters is 1. The molecular formula is C10H22O3Si. The van der Waals surface area contributed by atoms with Crippen molar-refractivity contribution in [3.8, 4) is 0 Å². The summed E-state index contributed by atoms with van der Waals surface area (Å²) in [7, 11) is -1.50. The van der Waals surface area contributed by atoms with Gasteiger partial charge in [-0.05, 0) is 39.4 Å². The second-order valence-electron chi connectivity index (χ2n) is 3.85. The van der Waals surface area contributed by atoms with Gasteiger partial charge in [-0.25, -0.2) is 0 Å². The molecular weight excluding hydrogens is 196 g/mol. The summed E-state index contributed by atoms with van der Waals surface area (Å²) in [4.78, 5) is 11.0. The molecule has 0 heterocycles. The van der Waals surface area contributed by atoms with E-state index in [4.69, 9.17) is 9.16 Å². The maximum atomic E-state index is 11.0. The molecule has 3 nitrogen and oxygen atoms in total. The number of hydrogen-bond acceptors (Lipinski definition) is 3. The van der Waals surface area contributed by atoms with Crippen LogP contribution in [0.15, 0.2) is 0 Å². The van der Waals surface area contributed by atoms with Crippen molar-refractivity contribution >= 4 is 14.3 Å². The van der Waals surface area contributed by atoms with Gasteiger partial charge in [0.25, 0.3) is 0 Å². The monoisotopic (exact) mass is 218 g/mol. The van der Waals surface area contributed by atoms with Crippen molar-refractivity contribution in [1.29, 1.82) is 0 Å². The second-order valence-corrected chi connectivity index (χ2v) is 8.16. The van der Waals surface area contributed by atoms with Gasteiger partial charge in [-0.15, -0.1) is 0 Å². The molecule has 0 aromatic heterocycles. The molecule has 0 aromatic rings. The highest BCUT2D eigenvalue weighted by molar-refractivity contribution is 6.71. The van der Waals surface area contributed by atoms with Gasteiger partial charge in [0.15, 0.2) is 8.32 Å². The zero-order valence-electron chi connectivity index (χ0n) is 9.76. The van der Waals surface area contributed by atoms with E-state index in [1.165, 1.54) is 0 Å². The van der Waals surface area contributed by atoms with E-state index in [0.717, 1.165) is 19.1 Å². The van der Waals surface area contributed by atoms with Crippen LogP contribution in [0.25, 0.3) is 0 Å². The van der Waals surface area contributed by atoms with Gasteiger partial charge in [-0.2, -0.15) is 0 Å². The lowest BCUT2D eigenvalue weighted by Crippen LogP contribution is -2.30. The third kappa shape index (κ3) is 7.09. The van der Waals surface area contributed by atoms with Gasteiger partial charge in [0.05, 0.1) is 6.61 Å². The molecule has 0 radical (unpaired) electrons. The molecule has 0 aliphatic heterocycles. The first-order valence-corrected chi connectivity index (χ1v) is 8.43. The largest absolute Gasteiger partial charge is 0.466 e. The van der Waals surface area contributed by atoms with Crippen molar-refractivity contribution in [3.63, 3.8) is 0 Å².